The third-order valence-electron chi connectivity index (χ3n) is 5.34. The lowest BCUT2D eigenvalue weighted by molar-refractivity contribution is -0.118. The molecule has 0 bridgehead atoms. The van der Waals surface area contributed by atoms with E-state index in [1.54, 1.807) is 29.2 Å². The van der Waals surface area contributed by atoms with E-state index in [0.717, 1.165) is 17.5 Å². The summed E-state index contributed by atoms with van der Waals surface area (Å²) >= 11 is 0. The van der Waals surface area contributed by atoms with Crippen LogP contribution in [0.5, 0.6) is 0 Å². The van der Waals surface area contributed by atoms with Gasteiger partial charge in [-0.1, -0.05) is 25.1 Å². The summed E-state index contributed by atoms with van der Waals surface area (Å²) in [6, 6.07) is 14.2. The number of fused-ring (bicyclic) bond motifs is 1. The molecule has 0 spiro atoms. The van der Waals surface area contributed by atoms with Gasteiger partial charge in [-0.25, -0.2) is 4.79 Å². The van der Waals surface area contributed by atoms with Gasteiger partial charge in [0.15, 0.2) is 0 Å². The van der Waals surface area contributed by atoms with E-state index in [4.69, 9.17) is 4.74 Å². The molecule has 0 aromatic heterocycles. The predicted octanol–water partition coefficient (Wildman–Crippen LogP) is 5.52. The van der Waals surface area contributed by atoms with Crippen LogP contribution in [0.15, 0.2) is 48.5 Å². The van der Waals surface area contributed by atoms with Gasteiger partial charge in [-0.15, -0.1) is 0 Å². The minimum Gasteiger partial charge on any atom is -0.443 e. The summed E-state index contributed by atoms with van der Waals surface area (Å²) in [7, 11) is 0. The van der Waals surface area contributed by atoms with E-state index in [1.807, 2.05) is 63.8 Å². The van der Waals surface area contributed by atoms with Crippen LogP contribution in [0.2, 0.25) is 0 Å². The third kappa shape index (κ3) is 4.79. The van der Waals surface area contributed by atoms with Gasteiger partial charge in [0.05, 0.1) is 6.04 Å². The Hall–Kier alpha value is -3.15. The zero-order valence-electron chi connectivity index (χ0n) is 18.8. The summed E-state index contributed by atoms with van der Waals surface area (Å²) in [5.74, 6) is 0.0533. The number of anilines is 2. The average Bonchev–Trinajstić information content (AvgIpc) is 2.72. The van der Waals surface area contributed by atoms with Crippen LogP contribution in [0.3, 0.4) is 0 Å². The molecule has 6 nitrogen and oxygen atoms in total. The molecule has 1 aliphatic heterocycles. The summed E-state index contributed by atoms with van der Waals surface area (Å²) in [5, 5.41) is 0. The van der Waals surface area contributed by atoms with E-state index >= 15 is 0 Å². The van der Waals surface area contributed by atoms with Gasteiger partial charge < -0.3 is 9.64 Å². The Labute approximate surface area is 183 Å². The minimum atomic E-state index is -0.665. The number of nitrogens with zero attached hydrogens (tertiary/aromatic N) is 2. The maximum Gasteiger partial charge on any atom is 0.415 e. The molecule has 6 heteroatoms. The number of hydrogen-bond acceptors (Lipinski definition) is 4. The molecule has 31 heavy (non-hydrogen) atoms. The van der Waals surface area contributed by atoms with Gasteiger partial charge in [0.1, 0.15) is 11.9 Å². The number of amides is 2. The van der Waals surface area contributed by atoms with Crippen molar-refractivity contribution in [3.05, 3.63) is 59.7 Å². The Morgan fingerprint density at radius 1 is 1.13 bits per heavy atom. The van der Waals surface area contributed by atoms with Gasteiger partial charge in [-0.05, 0) is 70.0 Å². The maximum absolute atomic E-state index is 13.4. The molecule has 164 valence electrons. The van der Waals surface area contributed by atoms with Crippen molar-refractivity contribution in [2.24, 2.45) is 0 Å². The van der Waals surface area contributed by atoms with Crippen LogP contribution in [0, 0.1) is 0 Å². The quantitative estimate of drug-likeness (QED) is 0.609. The molecule has 0 aliphatic carbocycles. The van der Waals surface area contributed by atoms with Crippen LogP contribution >= 0.6 is 0 Å². The molecule has 2 atom stereocenters. The van der Waals surface area contributed by atoms with E-state index in [0.29, 0.717) is 24.1 Å². The van der Waals surface area contributed by atoms with Crippen molar-refractivity contribution < 1.29 is 19.1 Å². The molecule has 0 fully saturated rings. The molecule has 0 radical (unpaired) electrons. The fourth-order valence-electron chi connectivity index (χ4n) is 4.01. The average molecular weight is 423 g/mol. The number of para-hydroxylation sites is 1. The molecule has 2 aromatic carbocycles. The number of rotatable bonds is 4. The fourth-order valence-corrected chi connectivity index (χ4v) is 4.01. The Balaban J connectivity index is 2.12. The van der Waals surface area contributed by atoms with Crippen LogP contribution in [-0.2, 0) is 9.53 Å². The molecule has 2 amide bonds. The Bertz CT molecular complexity index is 962. The second kappa shape index (κ2) is 8.92. The molecule has 0 saturated heterocycles. The van der Waals surface area contributed by atoms with Crippen molar-refractivity contribution in [2.75, 3.05) is 9.80 Å². The Morgan fingerprint density at radius 2 is 1.77 bits per heavy atom. The summed E-state index contributed by atoms with van der Waals surface area (Å²) < 4.78 is 5.75. The van der Waals surface area contributed by atoms with Crippen LogP contribution in [0.25, 0.3) is 0 Å². The molecular formula is C25H30N2O4. The first-order chi connectivity index (χ1) is 14.7. The summed E-state index contributed by atoms with van der Waals surface area (Å²) in [4.78, 5) is 40.6. The van der Waals surface area contributed by atoms with E-state index in [-0.39, 0.29) is 18.0 Å². The lowest BCUT2D eigenvalue weighted by Gasteiger charge is -2.43. The van der Waals surface area contributed by atoms with E-state index in [2.05, 4.69) is 0 Å². The van der Waals surface area contributed by atoms with Crippen molar-refractivity contribution in [1.29, 1.82) is 0 Å². The Kier molecular flexibility index (Phi) is 6.48. The van der Waals surface area contributed by atoms with Crippen LogP contribution in [0.1, 0.15) is 69.4 Å². The lowest BCUT2D eigenvalue weighted by Crippen LogP contribution is -2.48. The Morgan fingerprint density at radius 3 is 2.35 bits per heavy atom. The zero-order chi connectivity index (χ0) is 22.8. The van der Waals surface area contributed by atoms with Crippen LogP contribution in [0.4, 0.5) is 16.2 Å². The SMILES string of the molecule is CCC(=O)N1c2ccccc2[C@H](N(C(=O)OC(C)(C)C)c2ccc(C=O)cc2)C[C@@H]1C. The summed E-state index contributed by atoms with van der Waals surface area (Å²) in [6.45, 7) is 9.34. The number of aldehydes is 1. The van der Waals surface area contributed by atoms with E-state index in [1.165, 1.54) is 0 Å². The van der Waals surface area contributed by atoms with E-state index < -0.39 is 11.7 Å². The summed E-state index contributed by atoms with van der Waals surface area (Å²) in [5.41, 5.74) is 2.22. The molecule has 2 aromatic rings. The fraction of sp³-hybridized carbons (Fsp3) is 0.400. The van der Waals surface area contributed by atoms with Crippen LogP contribution in [-0.4, -0.2) is 29.9 Å². The predicted molar refractivity (Wildman–Crippen MR) is 122 cm³/mol. The van der Waals surface area contributed by atoms with Crippen LogP contribution < -0.4 is 9.80 Å². The number of ether oxygens (including phenoxy) is 1. The maximum atomic E-state index is 13.4. The molecular weight excluding hydrogens is 392 g/mol. The highest BCUT2D eigenvalue weighted by Gasteiger charge is 2.39. The number of carbonyl (C=O) groups is 3. The molecule has 1 heterocycles. The molecule has 0 saturated carbocycles. The number of carbonyl (C=O) groups excluding carboxylic acids is 3. The highest BCUT2D eigenvalue weighted by Crippen LogP contribution is 2.42. The second-order valence-corrected chi connectivity index (χ2v) is 8.84. The highest BCUT2D eigenvalue weighted by molar-refractivity contribution is 5.96. The third-order valence-corrected chi connectivity index (χ3v) is 5.34. The van der Waals surface area contributed by atoms with Crippen molar-refractivity contribution in [2.45, 2.75) is 65.1 Å². The van der Waals surface area contributed by atoms with Gasteiger partial charge in [-0.3, -0.25) is 14.5 Å². The van der Waals surface area contributed by atoms with Gasteiger partial charge >= 0.3 is 6.09 Å². The van der Waals surface area contributed by atoms with Crippen molar-refractivity contribution >= 4 is 29.7 Å². The zero-order valence-corrected chi connectivity index (χ0v) is 18.8. The first kappa shape index (κ1) is 22.5. The molecule has 0 N–H and O–H groups in total. The van der Waals surface area contributed by atoms with Crippen molar-refractivity contribution in [3.8, 4) is 0 Å². The first-order valence-electron chi connectivity index (χ1n) is 10.6. The highest BCUT2D eigenvalue weighted by atomic mass is 16.6. The largest absolute Gasteiger partial charge is 0.443 e. The van der Waals surface area contributed by atoms with Crippen molar-refractivity contribution in [1.82, 2.24) is 0 Å². The number of hydrogen-bond donors (Lipinski definition) is 0. The molecule has 0 unspecified atom stereocenters. The van der Waals surface area contributed by atoms with Gasteiger partial charge in [0.25, 0.3) is 0 Å². The van der Waals surface area contributed by atoms with Gasteiger partial charge in [0.2, 0.25) is 5.91 Å². The smallest absolute Gasteiger partial charge is 0.415 e. The van der Waals surface area contributed by atoms with E-state index in [9.17, 15) is 14.4 Å². The standard InChI is InChI=1S/C25H30N2O4/c1-6-23(29)26-17(2)15-22(20-9-7-8-10-21(20)26)27(24(30)31-25(3,4)5)19-13-11-18(16-28)12-14-19/h7-14,16-17,22H,6,15H2,1-5H3/t17-,22+/m0/s1. The molecule has 1 aliphatic rings. The number of benzene rings is 2. The second-order valence-electron chi connectivity index (χ2n) is 8.84. The summed E-state index contributed by atoms with van der Waals surface area (Å²) in [6.07, 6.45) is 1.28. The van der Waals surface area contributed by atoms with Crippen molar-refractivity contribution in [3.63, 3.8) is 0 Å². The normalized spacial score (nSPS) is 18.2. The lowest BCUT2D eigenvalue weighted by atomic mass is 9.90. The monoisotopic (exact) mass is 422 g/mol. The molecule has 3 rings (SSSR count). The van der Waals surface area contributed by atoms with Gasteiger partial charge in [0, 0.05) is 29.4 Å². The minimum absolute atomic E-state index is 0.0533. The topological polar surface area (TPSA) is 66.9 Å². The van der Waals surface area contributed by atoms with Gasteiger partial charge in [-0.2, -0.15) is 0 Å². The first-order valence-corrected chi connectivity index (χ1v) is 10.6.